The summed E-state index contributed by atoms with van der Waals surface area (Å²) in [7, 11) is 0. The lowest BCUT2D eigenvalue weighted by molar-refractivity contribution is -0.117. The van der Waals surface area contributed by atoms with Crippen LogP contribution in [0.5, 0.6) is 5.75 Å². The Morgan fingerprint density at radius 2 is 2.22 bits per heavy atom. The molecular formula is C17H18N2O3S. The van der Waals surface area contributed by atoms with Crippen LogP contribution in [0, 0.1) is 0 Å². The van der Waals surface area contributed by atoms with Crippen LogP contribution in [0.2, 0.25) is 0 Å². The third-order valence-electron chi connectivity index (χ3n) is 3.67. The largest absolute Gasteiger partial charge is 0.489 e. The average Bonchev–Trinajstić information content (AvgIpc) is 3.05. The third kappa shape index (κ3) is 3.71. The van der Waals surface area contributed by atoms with Crippen molar-refractivity contribution in [2.45, 2.75) is 19.8 Å². The Morgan fingerprint density at radius 1 is 1.35 bits per heavy atom. The summed E-state index contributed by atoms with van der Waals surface area (Å²) in [5.74, 6) is 0.586. The Labute approximate surface area is 138 Å². The first-order valence-corrected chi connectivity index (χ1v) is 8.38. The van der Waals surface area contributed by atoms with Gasteiger partial charge in [0.1, 0.15) is 12.4 Å². The second-order valence-corrected chi connectivity index (χ2v) is 6.36. The number of thiophene rings is 1. The minimum atomic E-state index is -0.0300. The summed E-state index contributed by atoms with van der Waals surface area (Å²) in [5, 5.41) is 4.89. The monoisotopic (exact) mass is 330 g/mol. The van der Waals surface area contributed by atoms with Crippen molar-refractivity contribution in [1.29, 1.82) is 0 Å². The van der Waals surface area contributed by atoms with Crippen molar-refractivity contribution in [3.05, 3.63) is 40.6 Å². The smallest absolute Gasteiger partial charge is 0.224 e. The molecule has 120 valence electrons. The summed E-state index contributed by atoms with van der Waals surface area (Å²) in [5.41, 5.74) is 1.44. The molecule has 5 nitrogen and oxygen atoms in total. The van der Waals surface area contributed by atoms with Crippen LogP contribution in [0.3, 0.4) is 0 Å². The van der Waals surface area contributed by atoms with Gasteiger partial charge < -0.3 is 15.0 Å². The van der Waals surface area contributed by atoms with E-state index in [0.29, 0.717) is 31.0 Å². The SMILES string of the molecule is CC(=O)N1CCOc2cc(NC(=O)CCc3cccs3)ccc21. The Balaban J connectivity index is 1.65. The highest BCUT2D eigenvalue weighted by Gasteiger charge is 2.21. The normalized spacial score (nSPS) is 13.2. The fourth-order valence-corrected chi connectivity index (χ4v) is 3.25. The minimum absolute atomic E-state index is 0.0118. The number of amides is 2. The summed E-state index contributed by atoms with van der Waals surface area (Å²) in [6, 6.07) is 9.39. The Morgan fingerprint density at radius 3 is 2.96 bits per heavy atom. The van der Waals surface area contributed by atoms with Gasteiger partial charge >= 0.3 is 0 Å². The van der Waals surface area contributed by atoms with Crippen molar-refractivity contribution >= 4 is 34.5 Å². The molecule has 23 heavy (non-hydrogen) atoms. The molecule has 0 bridgehead atoms. The lowest BCUT2D eigenvalue weighted by atomic mass is 10.2. The van der Waals surface area contributed by atoms with Crippen molar-refractivity contribution < 1.29 is 14.3 Å². The maximum atomic E-state index is 12.0. The molecule has 0 unspecified atom stereocenters. The van der Waals surface area contributed by atoms with Gasteiger partial charge in [-0.25, -0.2) is 0 Å². The highest BCUT2D eigenvalue weighted by molar-refractivity contribution is 7.09. The van der Waals surface area contributed by atoms with Gasteiger partial charge in [-0.2, -0.15) is 0 Å². The van der Waals surface area contributed by atoms with Gasteiger partial charge in [0, 0.05) is 30.0 Å². The predicted octanol–water partition coefficient (Wildman–Crippen LogP) is 3.06. The van der Waals surface area contributed by atoms with Crippen LogP contribution < -0.4 is 15.0 Å². The van der Waals surface area contributed by atoms with E-state index in [2.05, 4.69) is 5.32 Å². The van der Waals surface area contributed by atoms with Crippen LogP contribution in [0.1, 0.15) is 18.2 Å². The molecule has 0 spiro atoms. The van der Waals surface area contributed by atoms with E-state index in [0.717, 1.165) is 12.1 Å². The van der Waals surface area contributed by atoms with Crippen LogP contribution in [-0.4, -0.2) is 25.0 Å². The number of hydrogen-bond acceptors (Lipinski definition) is 4. The van der Waals surface area contributed by atoms with Crippen molar-refractivity contribution in [3.63, 3.8) is 0 Å². The van der Waals surface area contributed by atoms with Crippen molar-refractivity contribution in [2.24, 2.45) is 0 Å². The highest BCUT2D eigenvalue weighted by Crippen LogP contribution is 2.34. The number of nitrogens with zero attached hydrogens (tertiary/aromatic N) is 1. The second kappa shape index (κ2) is 6.83. The summed E-state index contributed by atoms with van der Waals surface area (Å²) < 4.78 is 5.60. The van der Waals surface area contributed by atoms with Gasteiger partial charge in [-0.1, -0.05) is 6.07 Å². The molecule has 1 aromatic heterocycles. The Kier molecular flexibility index (Phi) is 4.62. The topological polar surface area (TPSA) is 58.6 Å². The van der Waals surface area contributed by atoms with Crippen LogP contribution >= 0.6 is 11.3 Å². The van der Waals surface area contributed by atoms with E-state index in [9.17, 15) is 9.59 Å². The molecule has 2 aromatic rings. The number of ether oxygens (including phenoxy) is 1. The molecule has 0 aliphatic carbocycles. The summed E-state index contributed by atoms with van der Waals surface area (Å²) in [6.45, 7) is 2.55. The van der Waals surface area contributed by atoms with Crippen molar-refractivity contribution in [1.82, 2.24) is 0 Å². The molecule has 1 aromatic carbocycles. The Hall–Kier alpha value is -2.34. The molecule has 1 aliphatic heterocycles. The molecule has 0 atom stereocenters. The third-order valence-corrected chi connectivity index (χ3v) is 4.60. The molecule has 3 rings (SSSR count). The molecule has 0 saturated carbocycles. The molecule has 6 heteroatoms. The molecule has 0 saturated heterocycles. The van der Waals surface area contributed by atoms with E-state index in [4.69, 9.17) is 4.74 Å². The zero-order valence-corrected chi connectivity index (χ0v) is 13.7. The number of aryl methyl sites for hydroxylation is 1. The lowest BCUT2D eigenvalue weighted by Gasteiger charge is -2.29. The number of rotatable bonds is 4. The van der Waals surface area contributed by atoms with Crippen LogP contribution in [0.15, 0.2) is 35.7 Å². The zero-order valence-electron chi connectivity index (χ0n) is 12.9. The first kappa shape index (κ1) is 15.6. The zero-order chi connectivity index (χ0) is 16.2. The second-order valence-electron chi connectivity index (χ2n) is 5.33. The van der Waals surface area contributed by atoms with Gasteiger partial charge in [0.25, 0.3) is 0 Å². The number of fused-ring (bicyclic) bond motifs is 1. The first-order chi connectivity index (χ1) is 11.1. The van der Waals surface area contributed by atoms with Gasteiger partial charge in [0.15, 0.2) is 0 Å². The number of carbonyl (C=O) groups is 2. The average molecular weight is 330 g/mol. The van der Waals surface area contributed by atoms with E-state index in [1.807, 2.05) is 23.6 Å². The van der Waals surface area contributed by atoms with E-state index in [-0.39, 0.29) is 11.8 Å². The summed E-state index contributed by atoms with van der Waals surface area (Å²) >= 11 is 1.66. The molecule has 1 N–H and O–H groups in total. The molecule has 0 fully saturated rings. The first-order valence-electron chi connectivity index (χ1n) is 7.50. The Bertz CT molecular complexity index is 713. The molecule has 2 heterocycles. The van der Waals surface area contributed by atoms with E-state index < -0.39 is 0 Å². The van der Waals surface area contributed by atoms with E-state index in [1.165, 1.54) is 11.8 Å². The van der Waals surface area contributed by atoms with Crippen LogP contribution in [-0.2, 0) is 16.0 Å². The maximum Gasteiger partial charge on any atom is 0.224 e. The number of nitrogens with one attached hydrogen (secondary N) is 1. The summed E-state index contributed by atoms with van der Waals surface area (Å²) in [6.07, 6.45) is 1.18. The van der Waals surface area contributed by atoms with E-state index in [1.54, 1.807) is 28.4 Å². The van der Waals surface area contributed by atoms with Gasteiger partial charge in [-0.05, 0) is 30.0 Å². The van der Waals surface area contributed by atoms with Gasteiger partial charge in [0.2, 0.25) is 11.8 Å². The summed E-state index contributed by atoms with van der Waals surface area (Å²) in [4.78, 5) is 26.5. The maximum absolute atomic E-state index is 12.0. The van der Waals surface area contributed by atoms with Gasteiger partial charge in [0.05, 0.1) is 12.2 Å². The number of hydrogen-bond donors (Lipinski definition) is 1. The standard InChI is InChI=1S/C17H18N2O3S/c1-12(20)19-8-9-22-16-11-13(4-6-15(16)19)18-17(21)7-5-14-3-2-10-23-14/h2-4,6,10-11H,5,7-9H2,1H3,(H,18,21). The van der Waals surface area contributed by atoms with Crippen molar-refractivity contribution in [2.75, 3.05) is 23.4 Å². The minimum Gasteiger partial charge on any atom is -0.489 e. The number of benzene rings is 1. The molecular weight excluding hydrogens is 312 g/mol. The molecule has 2 amide bonds. The fourth-order valence-electron chi connectivity index (χ4n) is 2.54. The van der Waals surface area contributed by atoms with E-state index >= 15 is 0 Å². The predicted molar refractivity (Wildman–Crippen MR) is 91.2 cm³/mol. The van der Waals surface area contributed by atoms with Gasteiger partial charge in [-0.15, -0.1) is 11.3 Å². The van der Waals surface area contributed by atoms with Crippen LogP contribution in [0.4, 0.5) is 11.4 Å². The number of anilines is 2. The van der Waals surface area contributed by atoms with Crippen molar-refractivity contribution in [3.8, 4) is 5.75 Å². The molecule has 0 radical (unpaired) electrons. The molecule has 1 aliphatic rings. The van der Waals surface area contributed by atoms with Gasteiger partial charge in [-0.3, -0.25) is 9.59 Å². The fraction of sp³-hybridized carbons (Fsp3) is 0.294. The highest BCUT2D eigenvalue weighted by atomic mass is 32.1. The number of carbonyl (C=O) groups excluding carboxylic acids is 2. The van der Waals surface area contributed by atoms with Crippen LogP contribution in [0.25, 0.3) is 0 Å². The lowest BCUT2D eigenvalue weighted by Crippen LogP contribution is -2.36. The quantitative estimate of drug-likeness (QED) is 0.937.